The number of nitrogens with zero attached hydrogens (tertiary/aromatic N) is 2. The predicted octanol–water partition coefficient (Wildman–Crippen LogP) is 7.48. The van der Waals surface area contributed by atoms with Gasteiger partial charge in [0.2, 0.25) is 0 Å². The highest BCUT2D eigenvalue weighted by molar-refractivity contribution is 6.22. The second kappa shape index (κ2) is 5.79. The van der Waals surface area contributed by atoms with Crippen molar-refractivity contribution in [1.82, 2.24) is 9.97 Å². The van der Waals surface area contributed by atoms with E-state index in [2.05, 4.69) is 85.6 Å². The number of hydrogen-bond acceptors (Lipinski definition) is 3. The lowest BCUT2D eigenvalue weighted by molar-refractivity contribution is 0.488. The fourth-order valence-electron chi connectivity index (χ4n) is 5.09. The first-order valence-corrected chi connectivity index (χ1v) is 10.5. The number of pyridine rings is 2. The second-order valence-electron chi connectivity index (χ2n) is 8.36. The van der Waals surface area contributed by atoms with Gasteiger partial charge in [0.25, 0.3) is 0 Å². The van der Waals surface area contributed by atoms with Gasteiger partial charge in [-0.1, -0.05) is 36.4 Å². The minimum Gasteiger partial charge on any atom is -0.456 e. The Labute approximate surface area is 178 Å². The van der Waals surface area contributed by atoms with Gasteiger partial charge in [0.05, 0.1) is 11.1 Å². The Hall–Kier alpha value is -3.98. The lowest BCUT2D eigenvalue weighted by Gasteiger charge is -2.22. The van der Waals surface area contributed by atoms with Gasteiger partial charge in [-0.2, -0.15) is 0 Å². The molecule has 6 aromatic rings. The molecule has 4 aromatic carbocycles. The molecule has 0 aliphatic carbocycles. The third-order valence-corrected chi connectivity index (χ3v) is 6.46. The molecule has 0 N–H and O–H groups in total. The Bertz CT molecular complexity index is 1730. The summed E-state index contributed by atoms with van der Waals surface area (Å²) >= 11 is 0. The molecule has 3 heterocycles. The summed E-state index contributed by atoms with van der Waals surface area (Å²) in [5.41, 5.74) is 4.12. The summed E-state index contributed by atoms with van der Waals surface area (Å²) in [6.07, 6.45) is 1.92. The minimum atomic E-state index is 0.861. The highest BCUT2D eigenvalue weighted by Gasteiger charge is 2.23. The van der Waals surface area contributed by atoms with Crippen molar-refractivity contribution in [3.63, 3.8) is 0 Å². The van der Waals surface area contributed by atoms with Crippen LogP contribution in [-0.2, 0) is 0 Å². The third kappa shape index (κ3) is 2.23. The summed E-state index contributed by atoms with van der Waals surface area (Å²) in [4.78, 5) is 9.45. The van der Waals surface area contributed by atoms with Gasteiger partial charge in [-0.15, -0.1) is 0 Å². The van der Waals surface area contributed by atoms with Crippen LogP contribution in [0.3, 0.4) is 0 Å². The number of benzene rings is 4. The molecule has 0 atom stereocenters. The summed E-state index contributed by atoms with van der Waals surface area (Å²) < 4.78 is 6.52. The first-order valence-electron chi connectivity index (χ1n) is 10.5. The molecule has 0 bridgehead atoms. The summed E-state index contributed by atoms with van der Waals surface area (Å²) in [7, 11) is 0. The molecule has 1 aliphatic rings. The fraction of sp³-hybridized carbons (Fsp3) is 0.0714. The number of aryl methyl sites for hydroxylation is 2. The van der Waals surface area contributed by atoms with Crippen molar-refractivity contribution >= 4 is 43.1 Å². The molecule has 0 saturated heterocycles. The molecular formula is C28H18N2O. The molecule has 0 spiro atoms. The van der Waals surface area contributed by atoms with E-state index in [4.69, 9.17) is 9.72 Å². The quantitative estimate of drug-likeness (QED) is 0.248. The SMILES string of the molecule is Cc1cc2c(ccc3c4ccnc5c4c(cc23)Oc2cc3ccccc3cc2-5)c(C)n1. The summed E-state index contributed by atoms with van der Waals surface area (Å²) in [6, 6.07) is 23.6. The van der Waals surface area contributed by atoms with Crippen molar-refractivity contribution < 1.29 is 4.74 Å². The van der Waals surface area contributed by atoms with Crippen LogP contribution in [0.2, 0.25) is 0 Å². The normalized spacial score (nSPS) is 12.5. The maximum Gasteiger partial charge on any atom is 0.138 e. The minimum absolute atomic E-state index is 0.861. The van der Waals surface area contributed by atoms with Gasteiger partial charge in [0.15, 0.2) is 0 Å². The third-order valence-electron chi connectivity index (χ3n) is 6.46. The average molecular weight is 398 g/mol. The van der Waals surface area contributed by atoms with Gasteiger partial charge >= 0.3 is 0 Å². The molecular weight excluding hydrogens is 380 g/mol. The molecule has 3 nitrogen and oxygen atoms in total. The number of aromatic nitrogens is 2. The monoisotopic (exact) mass is 398 g/mol. The van der Waals surface area contributed by atoms with Crippen molar-refractivity contribution in [3.05, 3.63) is 84.3 Å². The highest BCUT2D eigenvalue weighted by Crippen LogP contribution is 2.49. The second-order valence-corrected chi connectivity index (χ2v) is 8.36. The van der Waals surface area contributed by atoms with E-state index in [1.54, 1.807) is 0 Å². The Morgan fingerprint density at radius 2 is 1.45 bits per heavy atom. The van der Waals surface area contributed by atoms with Crippen LogP contribution in [0.25, 0.3) is 54.3 Å². The van der Waals surface area contributed by atoms with Crippen LogP contribution < -0.4 is 4.74 Å². The summed E-state index contributed by atoms with van der Waals surface area (Å²) in [6.45, 7) is 4.13. The number of rotatable bonds is 0. The van der Waals surface area contributed by atoms with E-state index >= 15 is 0 Å². The lowest BCUT2D eigenvalue weighted by atomic mass is 9.92. The smallest absolute Gasteiger partial charge is 0.138 e. The van der Waals surface area contributed by atoms with E-state index < -0.39 is 0 Å². The fourth-order valence-corrected chi connectivity index (χ4v) is 5.09. The Balaban J connectivity index is 1.65. The molecule has 3 heteroatoms. The molecule has 2 aromatic heterocycles. The molecule has 146 valence electrons. The maximum atomic E-state index is 6.52. The van der Waals surface area contributed by atoms with Crippen LogP contribution in [-0.4, -0.2) is 9.97 Å². The molecule has 0 amide bonds. The van der Waals surface area contributed by atoms with E-state index in [1.807, 2.05) is 6.20 Å². The van der Waals surface area contributed by atoms with Crippen LogP contribution in [0.15, 0.2) is 72.9 Å². The van der Waals surface area contributed by atoms with Crippen LogP contribution in [0.4, 0.5) is 0 Å². The van der Waals surface area contributed by atoms with Crippen molar-refractivity contribution in [2.45, 2.75) is 13.8 Å². The standard InChI is InChI=1S/C28H18N2O/c1-15-11-22-19(16(2)30-15)7-8-20-21-9-10-29-28-24-12-17-5-3-4-6-18(17)13-25(24)31-26(27(21)28)14-23(20)22/h3-14H,1-2H3. The van der Waals surface area contributed by atoms with Gasteiger partial charge in [-0.3, -0.25) is 9.97 Å². The number of ether oxygens (including phenoxy) is 1. The zero-order valence-corrected chi connectivity index (χ0v) is 17.2. The van der Waals surface area contributed by atoms with Gasteiger partial charge < -0.3 is 4.74 Å². The van der Waals surface area contributed by atoms with Crippen LogP contribution in [0.1, 0.15) is 11.4 Å². The van der Waals surface area contributed by atoms with E-state index in [0.717, 1.165) is 39.5 Å². The van der Waals surface area contributed by atoms with E-state index in [0.29, 0.717) is 0 Å². The molecule has 31 heavy (non-hydrogen) atoms. The molecule has 0 saturated carbocycles. The van der Waals surface area contributed by atoms with Crippen molar-refractivity contribution in [3.8, 4) is 22.8 Å². The van der Waals surface area contributed by atoms with E-state index in [9.17, 15) is 0 Å². The first kappa shape index (κ1) is 16.8. The lowest BCUT2D eigenvalue weighted by Crippen LogP contribution is -2.00. The van der Waals surface area contributed by atoms with E-state index in [1.165, 1.54) is 37.7 Å². The predicted molar refractivity (Wildman–Crippen MR) is 127 cm³/mol. The molecule has 7 rings (SSSR count). The zero-order valence-electron chi connectivity index (χ0n) is 17.2. The Morgan fingerprint density at radius 1 is 0.677 bits per heavy atom. The Morgan fingerprint density at radius 3 is 2.32 bits per heavy atom. The summed E-state index contributed by atoms with van der Waals surface area (Å²) in [5.74, 6) is 1.73. The largest absolute Gasteiger partial charge is 0.456 e. The number of fused-ring (bicyclic) bond motifs is 7. The zero-order chi connectivity index (χ0) is 20.7. The van der Waals surface area contributed by atoms with E-state index in [-0.39, 0.29) is 0 Å². The topological polar surface area (TPSA) is 35.0 Å². The first-order chi connectivity index (χ1) is 15.2. The van der Waals surface area contributed by atoms with Gasteiger partial charge in [0, 0.05) is 28.5 Å². The van der Waals surface area contributed by atoms with Crippen molar-refractivity contribution in [2.75, 3.05) is 0 Å². The van der Waals surface area contributed by atoms with Gasteiger partial charge in [-0.05, 0) is 76.5 Å². The number of hydrogen-bond donors (Lipinski definition) is 0. The maximum absolute atomic E-state index is 6.52. The average Bonchev–Trinajstić information content (AvgIpc) is 2.78. The van der Waals surface area contributed by atoms with Gasteiger partial charge in [0.1, 0.15) is 11.5 Å². The van der Waals surface area contributed by atoms with Crippen LogP contribution in [0.5, 0.6) is 11.5 Å². The van der Waals surface area contributed by atoms with Crippen LogP contribution >= 0.6 is 0 Å². The molecule has 1 aliphatic heterocycles. The highest BCUT2D eigenvalue weighted by atomic mass is 16.5. The van der Waals surface area contributed by atoms with Crippen molar-refractivity contribution in [2.24, 2.45) is 0 Å². The Kier molecular flexibility index (Phi) is 3.14. The molecule has 0 radical (unpaired) electrons. The van der Waals surface area contributed by atoms with Gasteiger partial charge in [-0.25, -0.2) is 0 Å². The molecule has 0 fully saturated rings. The molecule has 0 unspecified atom stereocenters. The van der Waals surface area contributed by atoms with Crippen molar-refractivity contribution in [1.29, 1.82) is 0 Å². The van der Waals surface area contributed by atoms with Crippen LogP contribution in [0, 0.1) is 13.8 Å². The summed E-state index contributed by atoms with van der Waals surface area (Å²) in [5, 5.41) is 9.42.